The third-order valence-corrected chi connectivity index (χ3v) is 3.49. The zero-order valence-corrected chi connectivity index (χ0v) is 11.4. The van der Waals surface area contributed by atoms with E-state index in [0.717, 1.165) is 5.56 Å². The average molecular weight is 286 g/mol. The first-order chi connectivity index (χ1) is 10.1. The van der Waals surface area contributed by atoms with Gasteiger partial charge in [0.05, 0.1) is 11.8 Å². The van der Waals surface area contributed by atoms with Crippen molar-refractivity contribution in [2.24, 2.45) is 5.92 Å². The van der Waals surface area contributed by atoms with E-state index in [1.807, 2.05) is 19.1 Å². The smallest absolute Gasteiger partial charge is 0.307 e. The maximum atomic E-state index is 11.3. The summed E-state index contributed by atoms with van der Waals surface area (Å²) >= 11 is 0. The fraction of sp³-hybridized carbons (Fsp3) is 0.357. The highest BCUT2D eigenvalue weighted by molar-refractivity contribution is 5.71. The molecule has 7 heteroatoms. The molecule has 0 amide bonds. The molecule has 0 radical (unpaired) electrons. The van der Waals surface area contributed by atoms with Gasteiger partial charge in [0.2, 0.25) is 17.5 Å². The number of hydrogen-bond acceptors (Lipinski definition) is 6. The van der Waals surface area contributed by atoms with E-state index < -0.39 is 11.9 Å². The van der Waals surface area contributed by atoms with E-state index in [-0.39, 0.29) is 11.7 Å². The summed E-state index contributed by atoms with van der Waals surface area (Å²) in [7, 11) is 0. The number of nitrogens with zero attached hydrogens (tertiary/aromatic N) is 4. The van der Waals surface area contributed by atoms with Crippen molar-refractivity contribution in [2.45, 2.75) is 25.7 Å². The van der Waals surface area contributed by atoms with Crippen molar-refractivity contribution >= 4 is 5.97 Å². The van der Waals surface area contributed by atoms with Crippen LogP contribution in [0.4, 0.5) is 0 Å². The van der Waals surface area contributed by atoms with Crippen LogP contribution in [0, 0.1) is 12.8 Å². The zero-order valence-electron chi connectivity index (χ0n) is 11.4. The lowest BCUT2D eigenvalue weighted by atomic mass is 9.83. The van der Waals surface area contributed by atoms with Crippen molar-refractivity contribution in [1.82, 2.24) is 20.1 Å². The molecule has 1 N–H and O–H groups in total. The van der Waals surface area contributed by atoms with Crippen LogP contribution in [-0.4, -0.2) is 31.2 Å². The molecule has 7 nitrogen and oxygen atoms in total. The van der Waals surface area contributed by atoms with E-state index in [0.29, 0.717) is 24.6 Å². The van der Waals surface area contributed by atoms with Crippen LogP contribution >= 0.6 is 0 Å². The lowest BCUT2D eigenvalue weighted by molar-refractivity contribution is -0.142. The Hall–Kier alpha value is -2.57. The van der Waals surface area contributed by atoms with Crippen molar-refractivity contribution in [2.75, 3.05) is 0 Å². The molecule has 0 fully saturated rings. The molecule has 0 bridgehead atoms. The molecule has 0 aliphatic heterocycles. The van der Waals surface area contributed by atoms with Crippen LogP contribution in [0.5, 0.6) is 0 Å². The fourth-order valence-electron chi connectivity index (χ4n) is 2.34. The van der Waals surface area contributed by atoms with Gasteiger partial charge in [-0.25, -0.2) is 9.97 Å². The Morgan fingerprint density at radius 1 is 1.24 bits per heavy atom. The number of aromatic nitrogens is 4. The molecule has 2 aromatic heterocycles. The summed E-state index contributed by atoms with van der Waals surface area (Å²) in [6, 6.07) is 0. The largest absolute Gasteiger partial charge is 0.481 e. The Balaban J connectivity index is 1.88. The quantitative estimate of drug-likeness (QED) is 0.860. The number of aliphatic carboxylic acids is 1. The average Bonchev–Trinajstić information content (AvgIpc) is 2.97. The summed E-state index contributed by atoms with van der Waals surface area (Å²) in [5, 5.41) is 13.1. The van der Waals surface area contributed by atoms with Crippen LogP contribution in [0.3, 0.4) is 0 Å². The molecular weight excluding hydrogens is 272 g/mol. The van der Waals surface area contributed by atoms with Gasteiger partial charge in [0.15, 0.2) is 0 Å². The Bertz CT molecular complexity index is 678. The second-order valence-corrected chi connectivity index (χ2v) is 5.03. The molecule has 2 aromatic rings. The minimum Gasteiger partial charge on any atom is -0.481 e. The third kappa shape index (κ3) is 2.67. The van der Waals surface area contributed by atoms with E-state index in [4.69, 9.17) is 4.52 Å². The number of rotatable bonds is 3. The first kappa shape index (κ1) is 13.4. The maximum Gasteiger partial charge on any atom is 0.307 e. The summed E-state index contributed by atoms with van der Waals surface area (Å²) in [5.74, 6) is -0.722. The predicted octanol–water partition coefficient (Wildman–Crippen LogP) is 1.97. The Labute approximate surface area is 120 Å². The van der Waals surface area contributed by atoms with Gasteiger partial charge in [-0.3, -0.25) is 4.79 Å². The Morgan fingerprint density at radius 3 is 2.67 bits per heavy atom. The molecule has 1 aliphatic carbocycles. The molecule has 0 aromatic carbocycles. The van der Waals surface area contributed by atoms with Crippen LogP contribution in [-0.2, 0) is 4.79 Å². The highest BCUT2D eigenvalue weighted by Gasteiger charge is 2.34. The molecule has 108 valence electrons. The molecule has 0 saturated carbocycles. The van der Waals surface area contributed by atoms with E-state index in [1.165, 1.54) is 0 Å². The normalized spacial score (nSPS) is 21.4. The number of allylic oxidation sites excluding steroid dienone is 2. The zero-order chi connectivity index (χ0) is 14.8. The first-order valence-electron chi connectivity index (χ1n) is 6.65. The van der Waals surface area contributed by atoms with Crippen LogP contribution in [0.1, 0.15) is 30.2 Å². The van der Waals surface area contributed by atoms with E-state index in [2.05, 4.69) is 20.1 Å². The number of carboxylic acid groups (broad SMARTS) is 1. The summed E-state index contributed by atoms with van der Waals surface area (Å²) in [5.41, 5.74) is 0.936. The fourth-order valence-corrected chi connectivity index (χ4v) is 2.34. The van der Waals surface area contributed by atoms with Gasteiger partial charge in [0, 0.05) is 12.4 Å². The monoisotopic (exact) mass is 286 g/mol. The molecule has 3 rings (SSSR count). The van der Waals surface area contributed by atoms with E-state index in [1.54, 1.807) is 12.4 Å². The molecular formula is C14H14N4O3. The SMILES string of the molecule is Cc1cnc(-c2noc([C@@H]3CC=CC[C@@H]3C(=O)O)n2)nc1. The van der Waals surface area contributed by atoms with Crippen molar-refractivity contribution < 1.29 is 14.4 Å². The third-order valence-electron chi connectivity index (χ3n) is 3.49. The summed E-state index contributed by atoms with van der Waals surface area (Å²) in [4.78, 5) is 23.8. The molecule has 2 atom stereocenters. The van der Waals surface area contributed by atoms with Crippen LogP contribution in [0.25, 0.3) is 11.6 Å². The van der Waals surface area contributed by atoms with Gasteiger partial charge in [-0.05, 0) is 25.3 Å². The van der Waals surface area contributed by atoms with E-state index in [9.17, 15) is 9.90 Å². The second-order valence-electron chi connectivity index (χ2n) is 5.03. The Morgan fingerprint density at radius 2 is 1.95 bits per heavy atom. The van der Waals surface area contributed by atoms with Crippen LogP contribution < -0.4 is 0 Å². The predicted molar refractivity (Wildman–Crippen MR) is 72.3 cm³/mol. The Kier molecular flexibility index (Phi) is 3.47. The highest BCUT2D eigenvalue weighted by Crippen LogP contribution is 2.34. The summed E-state index contributed by atoms with van der Waals surface area (Å²) < 4.78 is 5.23. The van der Waals surface area contributed by atoms with Gasteiger partial charge >= 0.3 is 5.97 Å². The van der Waals surface area contributed by atoms with Crippen molar-refractivity contribution in [3.63, 3.8) is 0 Å². The molecule has 0 saturated heterocycles. The summed E-state index contributed by atoms with van der Waals surface area (Å²) in [6.45, 7) is 1.89. The maximum absolute atomic E-state index is 11.3. The molecule has 0 unspecified atom stereocenters. The van der Waals surface area contributed by atoms with Crippen molar-refractivity contribution in [3.8, 4) is 11.6 Å². The number of hydrogen-bond donors (Lipinski definition) is 1. The molecule has 1 aliphatic rings. The number of carbonyl (C=O) groups is 1. The van der Waals surface area contributed by atoms with Gasteiger partial charge in [-0.2, -0.15) is 4.98 Å². The molecule has 21 heavy (non-hydrogen) atoms. The van der Waals surface area contributed by atoms with Crippen molar-refractivity contribution in [1.29, 1.82) is 0 Å². The summed E-state index contributed by atoms with van der Waals surface area (Å²) in [6.07, 6.45) is 8.20. The van der Waals surface area contributed by atoms with E-state index >= 15 is 0 Å². The number of carboxylic acids is 1. The van der Waals surface area contributed by atoms with Gasteiger partial charge < -0.3 is 9.63 Å². The lowest BCUT2D eigenvalue weighted by Gasteiger charge is -2.21. The van der Waals surface area contributed by atoms with Crippen molar-refractivity contribution in [3.05, 3.63) is 36.0 Å². The first-order valence-corrected chi connectivity index (χ1v) is 6.65. The molecule has 0 spiro atoms. The number of aryl methyl sites for hydroxylation is 1. The lowest BCUT2D eigenvalue weighted by Crippen LogP contribution is -2.23. The minimum atomic E-state index is -0.851. The standard InChI is InChI=1S/C14H14N4O3/c1-8-6-15-11(16-7-8)12-17-13(21-18-12)9-4-2-3-5-10(9)14(19)20/h2-3,6-7,9-10H,4-5H2,1H3,(H,19,20)/t9-,10+/m1/s1. The van der Waals surface area contributed by atoms with Crippen LogP contribution in [0.2, 0.25) is 0 Å². The highest BCUT2D eigenvalue weighted by atomic mass is 16.5. The van der Waals surface area contributed by atoms with Gasteiger partial charge in [-0.1, -0.05) is 17.3 Å². The van der Waals surface area contributed by atoms with Crippen LogP contribution in [0.15, 0.2) is 29.1 Å². The van der Waals surface area contributed by atoms with Gasteiger partial charge in [0.1, 0.15) is 0 Å². The molecule has 2 heterocycles. The second kappa shape index (κ2) is 5.43. The van der Waals surface area contributed by atoms with Gasteiger partial charge in [0.25, 0.3) is 0 Å². The minimum absolute atomic E-state index is 0.281. The topological polar surface area (TPSA) is 102 Å². The van der Waals surface area contributed by atoms with Gasteiger partial charge in [-0.15, -0.1) is 0 Å².